The van der Waals surface area contributed by atoms with Crippen molar-refractivity contribution in [3.8, 4) is 17.0 Å². The van der Waals surface area contributed by atoms with E-state index in [1.54, 1.807) is 7.11 Å². The number of ketones is 1. The monoisotopic (exact) mass is 400 g/mol. The summed E-state index contributed by atoms with van der Waals surface area (Å²) in [4.78, 5) is 18.5. The number of benzene rings is 3. The molecule has 0 aliphatic carbocycles. The molecule has 0 saturated carbocycles. The van der Waals surface area contributed by atoms with Gasteiger partial charge in [0.15, 0.2) is 5.13 Å². The number of hydrogen-bond donors (Lipinski definition) is 1. The predicted octanol–water partition coefficient (Wildman–Crippen LogP) is 5.66. The standard InChI is InChI=1S/C24H20N2O2S/c1-28-20-14-12-17(13-15-20)16-25-24-26-21(18-8-4-2-5-9-18)23(29-24)22(27)19-10-6-3-7-11-19/h2-15H,16H2,1H3,(H,25,26). The van der Waals surface area contributed by atoms with E-state index in [-0.39, 0.29) is 5.78 Å². The topological polar surface area (TPSA) is 51.2 Å². The number of thiazole rings is 1. The van der Waals surface area contributed by atoms with Gasteiger partial charge in [-0.15, -0.1) is 0 Å². The zero-order valence-electron chi connectivity index (χ0n) is 16.0. The van der Waals surface area contributed by atoms with Crippen molar-refractivity contribution in [1.29, 1.82) is 0 Å². The quantitative estimate of drug-likeness (QED) is 0.407. The minimum Gasteiger partial charge on any atom is -0.497 e. The van der Waals surface area contributed by atoms with E-state index in [4.69, 9.17) is 9.72 Å². The first-order valence-corrected chi connectivity index (χ1v) is 10.1. The molecular formula is C24H20N2O2S. The van der Waals surface area contributed by atoms with Crippen LogP contribution in [0.15, 0.2) is 84.9 Å². The molecule has 1 N–H and O–H groups in total. The highest BCUT2D eigenvalue weighted by molar-refractivity contribution is 7.18. The third kappa shape index (κ3) is 4.36. The Balaban J connectivity index is 1.63. The number of hydrogen-bond acceptors (Lipinski definition) is 5. The second-order valence-electron chi connectivity index (χ2n) is 6.46. The highest BCUT2D eigenvalue weighted by Crippen LogP contribution is 2.33. The summed E-state index contributed by atoms with van der Waals surface area (Å²) in [7, 11) is 1.65. The Morgan fingerprint density at radius 2 is 1.59 bits per heavy atom. The zero-order chi connectivity index (χ0) is 20.1. The molecule has 29 heavy (non-hydrogen) atoms. The average molecular weight is 401 g/mol. The number of aromatic nitrogens is 1. The highest BCUT2D eigenvalue weighted by atomic mass is 32.1. The molecule has 0 aliphatic heterocycles. The van der Waals surface area contributed by atoms with Crippen LogP contribution in [0.3, 0.4) is 0 Å². The van der Waals surface area contributed by atoms with E-state index < -0.39 is 0 Å². The number of carbonyl (C=O) groups excluding carboxylic acids is 1. The molecular weight excluding hydrogens is 380 g/mol. The van der Waals surface area contributed by atoms with Crippen LogP contribution in [0.1, 0.15) is 20.8 Å². The molecule has 4 nitrogen and oxygen atoms in total. The number of methoxy groups -OCH3 is 1. The van der Waals surface area contributed by atoms with E-state index in [9.17, 15) is 4.79 Å². The van der Waals surface area contributed by atoms with E-state index in [0.717, 1.165) is 22.0 Å². The molecule has 0 saturated heterocycles. The fourth-order valence-electron chi connectivity index (χ4n) is 2.98. The lowest BCUT2D eigenvalue weighted by atomic mass is 10.1. The SMILES string of the molecule is COc1ccc(CNc2nc(-c3ccccc3)c(C(=O)c3ccccc3)s2)cc1. The molecule has 0 aliphatic rings. The Morgan fingerprint density at radius 1 is 0.931 bits per heavy atom. The number of nitrogens with zero attached hydrogens (tertiary/aromatic N) is 1. The molecule has 0 radical (unpaired) electrons. The molecule has 0 amide bonds. The maximum absolute atomic E-state index is 13.1. The number of ether oxygens (including phenoxy) is 1. The van der Waals surface area contributed by atoms with E-state index in [1.807, 2.05) is 84.9 Å². The lowest BCUT2D eigenvalue weighted by Crippen LogP contribution is -2.00. The molecule has 0 fully saturated rings. The molecule has 0 atom stereocenters. The number of carbonyl (C=O) groups is 1. The third-order valence-electron chi connectivity index (χ3n) is 4.52. The summed E-state index contributed by atoms with van der Waals surface area (Å²) >= 11 is 1.39. The van der Waals surface area contributed by atoms with Gasteiger partial charge in [0, 0.05) is 17.7 Å². The number of anilines is 1. The summed E-state index contributed by atoms with van der Waals surface area (Å²) in [6.07, 6.45) is 0. The van der Waals surface area contributed by atoms with Crippen LogP contribution in [-0.4, -0.2) is 17.9 Å². The summed E-state index contributed by atoms with van der Waals surface area (Å²) in [5, 5.41) is 4.07. The Hall–Kier alpha value is -3.44. The van der Waals surface area contributed by atoms with Crippen molar-refractivity contribution in [2.24, 2.45) is 0 Å². The van der Waals surface area contributed by atoms with Crippen LogP contribution in [-0.2, 0) is 6.54 Å². The van der Waals surface area contributed by atoms with Gasteiger partial charge in [-0.25, -0.2) is 4.98 Å². The molecule has 0 unspecified atom stereocenters. The molecule has 1 aromatic heterocycles. The van der Waals surface area contributed by atoms with Gasteiger partial charge in [-0.05, 0) is 17.7 Å². The van der Waals surface area contributed by atoms with Gasteiger partial charge >= 0.3 is 0 Å². The van der Waals surface area contributed by atoms with Crippen LogP contribution in [0.5, 0.6) is 5.75 Å². The number of rotatable bonds is 7. The highest BCUT2D eigenvalue weighted by Gasteiger charge is 2.20. The first-order valence-electron chi connectivity index (χ1n) is 9.27. The van der Waals surface area contributed by atoms with Crippen molar-refractivity contribution < 1.29 is 9.53 Å². The van der Waals surface area contributed by atoms with Gasteiger partial charge in [0.05, 0.1) is 12.8 Å². The molecule has 0 spiro atoms. The van der Waals surface area contributed by atoms with Gasteiger partial charge in [-0.2, -0.15) is 0 Å². The smallest absolute Gasteiger partial charge is 0.205 e. The zero-order valence-corrected chi connectivity index (χ0v) is 16.8. The fourth-order valence-corrected chi connectivity index (χ4v) is 3.93. The fraction of sp³-hybridized carbons (Fsp3) is 0.0833. The van der Waals surface area contributed by atoms with Crippen molar-refractivity contribution in [1.82, 2.24) is 4.98 Å². The Bertz CT molecular complexity index is 1090. The van der Waals surface area contributed by atoms with Crippen molar-refractivity contribution in [2.75, 3.05) is 12.4 Å². The van der Waals surface area contributed by atoms with E-state index in [1.165, 1.54) is 11.3 Å². The molecule has 3 aromatic carbocycles. The normalized spacial score (nSPS) is 10.5. The molecule has 5 heteroatoms. The van der Waals surface area contributed by atoms with Gasteiger partial charge in [0.25, 0.3) is 0 Å². The predicted molar refractivity (Wildman–Crippen MR) is 118 cm³/mol. The summed E-state index contributed by atoms with van der Waals surface area (Å²) in [6.45, 7) is 0.616. The summed E-state index contributed by atoms with van der Waals surface area (Å²) in [5.41, 5.74) is 3.41. The lowest BCUT2D eigenvalue weighted by molar-refractivity contribution is 0.104. The minimum atomic E-state index is -0.0144. The van der Waals surface area contributed by atoms with Gasteiger partial charge < -0.3 is 10.1 Å². The largest absolute Gasteiger partial charge is 0.497 e. The van der Waals surface area contributed by atoms with Crippen LogP contribution in [0.2, 0.25) is 0 Å². The van der Waals surface area contributed by atoms with Crippen LogP contribution < -0.4 is 10.1 Å². The first kappa shape index (κ1) is 18.9. The molecule has 4 aromatic rings. The van der Waals surface area contributed by atoms with Crippen LogP contribution in [0.25, 0.3) is 11.3 Å². The van der Waals surface area contributed by atoms with Gasteiger partial charge in [-0.3, -0.25) is 4.79 Å². The maximum Gasteiger partial charge on any atom is 0.205 e. The van der Waals surface area contributed by atoms with Crippen LogP contribution in [0, 0.1) is 0 Å². The molecule has 0 bridgehead atoms. The first-order chi connectivity index (χ1) is 14.2. The van der Waals surface area contributed by atoms with E-state index in [0.29, 0.717) is 22.7 Å². The summed E-state index contributed by atoms with van der Waals surface area (Å²) in [5.74, 6) is 0.810. The van der Waals surface area contributed by atoms with Crippen molar-refractivity contribution >= 4 is 22.3 Å². The van der Waals surface area contributed by atoms with E-state index in [2.05, 4.69) is 5.32 Å². The average Bonchev–Trinajstić information content (AvgIpc) is 3.23. The van der Waals surface area contributed by atoms with Gasteiger partial charge in [0.1, 0.15) is 10.6 Å². The van der Waals surface area contributed by atoms with Crippen molar-refractivity contribution in [2.45, 2.75) is 6.54 Å². The summed E-state index contributed by atoms with van der Waals surface area (Å²) < 4.78 is 5.20. The lowest BCUT2D eigenvalue weighted by Gasteiger charge is -2.04. The Kier molecular flexibility index (Phi) is 5.68. The Morgan fingerprint density at radius 3 is 2.24 bits per heavy atom. The van der Waals surface area contributed by atoms with Crippen molar-refractivity contribution in [3.05, 3.63) is 101 Å². The summed E-state index contributed by atoms with van der Waals surface area (Å²) in [6, 6.07) is 27.0. The van der Waals surface area contributed by atoms with Crippen LogP contribution in [0.4, 0.5) is 5.13 Å². The Labute approximate surface area is 173 Å². The molecule has 1 heterocycles. The second kappa shape index (κ2) is 8.71. The second-order valence-corrected chi connectivity index (χ2v) is 7.46. The molecule has 144 valence electrons. The minimum absolute atomic E-state index is 0.0144. The number of nitrogens with one attached hydrogen (secondary N) is 1. The van der Waals surface area contributed by atoms with Crippen molar-refractivity contribution in [3.63, 3.8) is 0 Å². The van der Waals surface area contributed by atoms with Gasteiger partial charge in [-0.1, -0.05) is 84.1 Å². The third-order valence-corrected chi connectivity index (χ3v) is 5.53. The van der Waals surface area contributed by atoms with Crippen LogP contribution >= 0.6 is 11.3 Å². The van der Waals surface area contributed by atoms with Gasteiger partial charge in [0.2, 0.25) is 5.78 Å². The molecule has 4 rings (SSSR count). The maximum atomic E-state index is 13.1. The van der Waals surface area contributed by atoms with E-state index >= 15 is 0 Å².